The minimum atomic E-state index is 0.569. The number of hydrogen-bond donors (Lipinski definition) is 2. The molecule has 0 saturated heterocycles. The van der Waals surface area contributed by atoms with Gasteiger partial charge in [-0.2, -0.15) is 0 Å². The van der Waals surface area contributed by atoms with E-state index < -0.39 is 0 Å². The third-order valence-corrected chi connectivity index (χ3v) is 3.22. The van der Waals surface area contributed by atoms with Gasteiger partial charge >= 0.3 is 0 Å². The number of nitrogens with zero attached hydrogens (tertiary/aromatic N) is 2. The highest BCUT2D eigenvalue weighted by atomic mass is 32.1. The van der Waals surface area contributed by atoms with Crippen LogP contribution < -0.4 is 5.32 Å². The van der Waals surface area contributed by atoms with Gasteiger partial charge in [-0.1, -0.05) is 29.9 Å². The average Bonchev–Trinajstić information content (AvgIpc) is 2.83. The summed E-state index contributed by atoms with van der Waals surface area (Å²) in [6.45, 7) is 2.06. The lowest BCUT2D eigenvalue weighted by atomic mass is 10.2. The maximum atomic E-state index is 5.36. The molecular weight excluding hydrogens is 268 g/mol. The van der Waals surface area contributed by atoms with Crippen LogP contribution in [0.2, 0.25) is 0 Å². The Morgan fingerprint density at radius 3 is 2.80 bits per heavy atom. The van der Waals surface area contributed by atoms with Crippen LogP contribution in [0.15, 0.2) is 42.6 Å². The SMILES string of the molecule is Cc1ccc(NC(=S)Cc2nc3ncccc3[nH]2)cc1. The van der Waals surface area contributed by atoms with Crippen LogP contribution in [0.1, 0.15) is 11.4 Å². The van der Waals surface area contributed by atoms with Gasteiger partial charge in [-0.15, -0.1) is 0 Å². The topological polar surface area (TPSA) is 53.6 Å². The Morgan fingerprint density at radius 1 is 1.25 bits per heavy atom. The van der Waals surface area contributed by atoms with E-state index >= 15 is 0 Å². The number of fused-ring (bicyclic) bond motifs is 1. The monoisotopic (exact) mass is 282 g/mol. The summed E-state index contributed by atoms with van der Waals surface area (Å²) in [5.74, 6) is 0.823. The molecule has 2 N–H and O–H groups in total. The summed E-state index contributed by atoms with van der Waals surface area (Å²) in [6, 6.07) is 12.0. The van der Waals surface area contributed by atoms with E-state index in [1.807, 2.05) is 24.3 Å². The standard InChI is InChI=1S/C15H14N4S/c1-10-4-6-11(7-5-10)17-14(20)9-13-18-12-3-2-8-16-15(12)19-13/h2-8H,9H2,1H3,(H,17,20)(H,16,18,19). The number of aromatic amines is 1. The summed E-state index contributed by atoms with van der Waals surface area (Å²) in [5.41, 5.74) is 3.88. The highest BCUT2D eigenvalue weighted by Crippen LogP contribution is 2.11. The van der Waals surface area contributed by atoms with Gasteiger partial charge in [0.1, 0.15) is 5.82 Å². The summed E-state index contributed by atoms with van der Waals surface area (Å²) >= 11 is 5.36. The normalized spacial score (nSPS) is 10.7. The van der Waals surface area contributed by atoms with Gasteiger partial charge < -0.3 is 10.3 Å². The summed E-state index contributed by atoms with van der Waals surface area (Å²) in [4.78, 5) is 12.6. The third kappa shape index (κ3) is 2.83. The lowest BCUT2D eigenvalue weighted by Gasteiger charge is -2.06. The van der Waals surface area contributed by atoms with Gasteiger partial charge in [-0.05, 0) is 31.2 Å². The van der Waals surface area contributed by atoms with Gasteiger partial charge in [0.25, 0.3) is 0 Å². The molecule has 0 spiro atoms. The predicted molar refractivity (Wildman–Crippen MR) is 85.0 cm³/mol. The second-order valence-corrected chi connectivity index (χ2v) is 5.14. The molecule has 0 bridgehead atoms. The molecule has 2 heterocycles. The van der Waals surface area contributed by atoms with Crippen molar-refractivity contribution in [1.29, 1.82) is 0 Å². The molecule has 100 valence electrons. The molecule has 0 fully saturated rings. The maximum absolute atomic E-state index is 5.36. The molecule has 3 aromatic rings. The lowest BCUT2D eigenvalue weighted by molar-refractivity contribution is 1.10. The minimum absolute atomic E-state index is 0.569. The number of pyridine rings is 1. The molecule has 0 atom stereocenters. The van der Waals surface area contributed by atoms with Crippen molar-refractivity contribution in [2.24, 2.45) is 0 Å². The van der Waals surface area contributed by atoms with E-state index in [-0.39, 0.29) is 0 Å². The zero-order valence-corrected chi connectivity index (χ0v) is 11.9. The van der Waals surface area contributed by atoms with Crippen molar-refractivity contribution in [2.45, 2.75) is 13.3 Å². The van der Waals surface area contributed by atoms with Crippen molar-refractivity contribution in [1.82, 2.24) is 15.0 Å². The number of rotatable bonds is 3. The first kappa shape index (κ1) is 12.7. The molecule has 0 aliphatic carbocycles. The minimum Gasteiger partial charge on any atom is -0.350 e. The second-order valence-electron chi connectivity index (χ2n) is 4.65. The van der Waals surface area contributed by atoms with E-state index in [1.54, 1.807) is 6.20 Å². The van der Waals surface area contributed by atoms with E-state index in [4.69, 9.17) is 12.2 Å². The summed E-state index contributed by atoms with van der Waals surface area (Å²) in [6.07, 6.45) is 2.30. The summed E-state index contributed by atoms with van der Waals surface area (Å²) in [7, 11) is 0. The Balaban J connectivity index is 1.70. The van der Waals surface area contributed by atoms with Crippen molar-refractivity contribution in [3.8, 4) is 0 Å². The van der Waals surface area contributed by atoms with E-state index in [9.17, 15) is 0 Å². The van der Waals surface area contributed by atoms with Gasteiger partial charge in [0.2, 0.25) is 0 Å². The highest BCUT2D eigenvalue weighted by molar-refractivity contribution is 7.80. The summed E-state index contributed by atoms with van der Waals surface area (Å²) < 4.78 is 0. The molecule has 0 amide bonds. The van der Waals surface area contributed by atoms with Crippen LogP contribution in [0.5, 0.6) is 0 Å². The zero-order chi connectivity index (χ0) is 13.9. The molecule has 1 aromatic carbocycles. The van der Waals surface area contributed by atoms with Crippen LogP contribution >= 0.6 is 12.2 Å². The van der Waals surface area contributed by atoms with Gasteiger partial charge in [-0.25, -0.2) is 9.97 Å². The fourth-order valence-corrected chi connectivity index (χ4v) is 2.23. The van der Waals surface area contributed by atoms with Crippen LogP contribution in [0.4, 0.5) is 5.69 Å². The smallest absolute Gasteiger partial charge is 0.177 e. The first-order valence-electron chi connectivity index (χ1n) is 6.37. The molecule has 20 heavy (non-hydrogen) atoms. The fourth-order valence-electron chi connectivity index (χ4n) is 1.97. The van der Waals surface area contributed by atoms with Crippen molar-refractivity contribution in [3.05, 3.63) is 54.0 Å². The number of thiocarbonyl (C=S) groups is 1. The van der Waals surface area contributed by atoms with E-state index in [0.717, 1.165) is 27.7 Å². The quantitative estimate of drug-likeness (QED) is 0.724. The van der Waals surface area contributed by atoms with Crippen molar-refractivity contribution < 1.29 is 0 Å². The summed E-state index contributed by atoms with van der Waals surface area (Å²) in [5, 5.41) is 3.21. The fraction of sp³-hybridized carbons (Fsp3) is 0.133. The Hall–Kier alpha value is -2.27. The average molecular weight is 282 g/mol. The van der Waals surface area contributed by atoms with E-state index in [2.05, 4.69) is 39.3 Å². The molecular formula is C15H14N4S. The molecule has 2 aromatic heterocycles. The molecule has 5 heteroatoms. The highest BCUT2D eigenvalue weighted by Gasteiger charge is 2.06. The number of nitrogens with one attached hydrogen (secondary N) is 2. The number of aryl methyl sites for hydroxylation is 1. The van der Waals surface area contributed by atoms with Gasteiger partial charge in [0.15, 0.2) is 5.65 Å². The van der Waals surface area contributed by atoms with Crippen LogP contribution in [-0.2, 0) is 6.42 Å². The second kappa shape index (κ2) is 5.38. The van der Waals surface area contributed by atoms with Crippen LogP contribution in [-0.4, -0.2) is 19.9 Å². The van der Waals surface area contributed by atoms with Crippen LogP contribution in [0.25, 0.3) is 11.2 Å². The van der Waals surface area contributed by atoms with Crippen LogP contribution in [0.3, 0.4) is 0 Å². The van der Waals surface area contributed by atoms with Crippen molar-refractivity contribution in [2.75, 3.05) is 5.32 Å². The van der Waals surface area contributed by atoms with Gasteiger partial charge in [0, 0.05) is 11.9 Å². The number of hydrogen-bond acceptors (Lipinski definition) is 3. The Labute approximate surface area is 122 Å². The Kier molecular flexibility index (Phi) is 3.43. The predicted octanol–water partition coefficient (Wildman–Crippen LogP) is 3.25. The van der Waals surface area contributed by atoms with Gasteiger partial charge in [-0.3, -0.25) is 0 Å². The molecule has 4 nitrogen and oxygen atoms in total. The Morgan fingerprint density at radius 2 is 2.05 bits per heavy atom. The van der Waals surface area contributed by atoms with E-state index in [0.29, 0.717) is 6.42 Å². The molecule has 0 aliphatic rings. The zero-order valence-electron chi connectivity index (χ0n) is 11.1. The number of benzene rings is 1. The molecule has 0 unspecified atom stereocenters. The first-order valence-corrected chi connectivity index (χ1v) is 6.78. The van der Waals surface area contributed by atoms with Gasteiger partial charge in [0.05, 0.1) is 16.9 Å². The molecule has 0 aliphatic heterocycles. The number of H-pyrrole nitrogens is 1. The molecule has 0 radical (unpaired) electrons. The Bertz CT molecular complexity index is 713. The van der Waals surface area contributed by atoms with Crippen molar-refractivity contribution >= 4 is 34.1 Å². The van der Waals surface area contributed by atoms with Crippen molar-refractivity contribution in [3.63, 3.8) is 0 Å². The number of aromatic nitrogens is 3. The number of imidazole rings is 1. The largest absolute Gasteiger partial charge is 0.350 e. The molecule has 3 rings (SSSR count). The van der Waals surface area contributed by atoms with Crippen LogP contribution in [0, 0.1) is 6.92 Å². The lowest BCUT2D eigenvalue weighted by Crippen LogP contribution is -2.12. The number of anilines is 1. The first-order chi connectivity index (χ1) is 9.70. The van der Waals surface area contributed by atoms with E-state index in [1.165, 1.54) is 5.56 Å². The third-order valence-electron chi connectivity index (χ3n) is 2.97. The maximum Gasteiger partial charge on any atom is 0.177 e. The molecule has 0 saturated carbocycles.